The number of hydrogen-bond donors (Lipinski definition) is 2. The lowest BCUT2D eigenvalue weighted by molar-refractivity contribution is -0.128. The largest absolute Gasteiger partial charge is 0.484 e. The van der Waals surface area contributed by atoms with Crippen molar-refractivity contribution in [2.45, 2.75) is 63.4 Å². The molecule has 10 heteroatoms. The molecule has 6 nitrogen and oxygen atoms in total. The van der Waals surface area contributed by atoms with Crippen molar-refractivity contribution in [1.29, 1.82) is 0 Å². The number of carbonyl (C=O) groups is 1. The van der Waals surface area contributed by atoms with Gasteiger partial charge in [-0.1, -0.05) is 65.1 Å². The van der Waals surface area contributed by atoms with Crippen LogP contribution >= 0.6 is 34.8 Å². The first kappa shape index (κ1) is 30.8. The van der Waals surface area contributed by atoms with Gasteiger partial charge in [0.25, 0.3) is 5.91 Å². The first-order valence-electron chi connectivity index (χ1n) is 15.7. The fourth-order valence-corrected chi connectivity index (χ4v) is 7.42. The minimum atomic E-state index is -0.440. The zero-order chi connectivity index (χ0) is 31.2. The zero-order valence-electron chi connectivity index (χ0n) is 25.1. The van der Waals surface area contributed by atoms with Crippen molar-refractivity contribution in [1.82, 2.24) is 15.5 Å². The van der Waals surface area contributed by atoms with Crippen molar-refractivity contribution < 1.29 is 13.9 Å². The Kier molecular flexibility index (Phi) is 8.74. The average molecular weight is 670 g/mol. The van der Waals surface area contributed by atoms with Gasteiger partial charge in [0.05, 0.1) is 27.7 Å². The van der Waals surface area contributed by atoms with Crippen molar-refractivity contribution in [3.8, 4) is 5.75 Å². The highest BCUT2D eigenvalue weighted by Crippen LogP contribution is 2.39. The van der Waals surface area contributed by atoms with Gasteiger partial charge < -0.3 is 25.2 Å². The molecule has 236 valence electrons. The van der Waals surface area contributed by atoms with E-state index in [0.29, 0.717) is 34.7 Å². The van der Waals surface area contributed by atoms with E-state index in [2.05, 4.69) is 39.8 Å². The number of aryl methyl sites for hydroxylation is 1. The normalized spacial score (nSPS) is 23.0. The number of piperazine rings is 1. The van der Waals surface area contributed by atoms with E-state index in [1.807, 2.05) is 24.0 Å². The number of nitrogens with zero attached hydrogens (tertiary/aromatic N) is 2. The van der Waals surface area contributed by atoms with E-state index in [9.17, 15) is 9.18 Å². The zero-order valence-corrected chi connectivity index (χ0v) is 27.4. The standard InChI is InChI=1S/C35H36Cl3FN4O2/c1-20-5-12-29(39)34(32(20)37)45-26-13-14-42(19-26)24-8-6-21(7-9-24)27-15-23-16-40-17-30(41-23)31(27)35(44)43(25-10-11-25)18-22-3-2-4-28(36)33(22)38/h2-9,12,23,25-26,30,40-41H,10-11,13-19H2,1H3/t23-,26-,30-/m1/s1. The lowest BCUT2D eigenvalue weighted by atomic mass is 9.83. The van der Waals surface area contributed by atoms with Gasteiger partial charge in [-0.25, -0.2) is 4.39 Å². The summed E-state index contributed by atoms with van der Waals surface area (Å²) in [5.74, 6) is -0.245. The minimum Gasteiger partial charge on any atom is -0.484 e. The fraction of sp³-hybridized carbons (Fsp3) is 0.400. The molecule has 2 bridgehead atoms. The number of hydrogen-bond acceptors (Lipinski definition) is 5. The van der Waals surface area contributed by atoms with Gasteiger partial charge in [-0.05, 0) is 72.7 Å². The summed E-state index contributed by atoms with van der Waals surface area (Å²) in [6.45, 7) is 5.27. The predicted molar refractivity (Wildman–Crippen MR) is 179 cm³/mol. The van der Waals surface area contributed by atoms with Gasteiger partial charge >= 0.3 is 0 Å². The Morgan fingerprint density at radius 2 is 1.82 bits per heavy atom. The van der Waals surface area contributed by atoms with Crippen LogP contribution < -0.4 is 20.3 Å². The van der Waals surface area contributed by atoms with Gasteiger partial charge in [-0.15, -0.1) is 0 Å². The average Bonchev–Trinajstić information content (AvgIpc) is 3.78. The number of nitrogens with one attached hydrogen (secondary N) is 2. The van der Waals surface area contributed by atoms with Crippen LogP contribution in [0.2, 0.25) is 15.1 Å². The summed E-state index contributed by atoms with van der Waals surface area (Å²) in [5, 5.41) is 8.55. The number of ether oxygens (including phenoxy) is 1. The van der Waals surface area contributed by atoms with Crippen LogP contribution in [0.5, 0.6) is 5.75 Å². The second kappa shape index (κ2) is 12.8. The molecule has 0 unspecified atom stereocenters. The number of benzene rings is 3. The van der Waals surface area contributed by atoms with E-state index < -0.39 is 5.82 Å². The quantitative estimate of drug-likeness (QED) is 0.270. The van der Waals surface area contributed by atoms with Gasteiger partial charge in [0.15, 0.2) is 11.6 Å². The molecule has 0 aromatic heterocycles. The molecular weight excluding hydrogens is 634 g/mol. The van der Waals surface area contributed by atoms with E-state index >= 15 is 0 Å². The number of halogens is 4. The number of amides is 1. The van der Waals surface area contributed by atoms with Crippen LogP contribution in [0.3, 0.4) is 0 Å². The molecule has 0 spiro atoms. The molecular formula is C35H36Cl3FN4O2. The van der Waals surface area contributed by atoms with Gasteiger partial charge in [0.2, 0.25) is 0 Å². The summed E-state index contributed by atoms with van der Waals surface area (Å²) in [7, 11) is 0. The lowest BCUT2D eigenvalue weighted by Gasteiger charge is -2.41. The Balaban J connectivity index is 1.13. The van der Waals surface area contributed by atoms with Gasteiger partial charge in [-0.2, -0.15) is 0 Å². The maximum atomic E-state index is 14.5. The summed E-state index contributed by atoms with van der Waals surface area (Å²) in [4.78, 5) is 18.7. The van der Waals surface area contributed by atoms with Crippen molar-refractivity contribution in [3.05, 3.63) is 97.7 Å². The molecule has 3 aromatic carbocycles. The van der Waals surface area contributed by atoms with Crippen LogP contribution in [0.25, 0.3) is 5.57 Å². The predicted octanol–water partition coefficient (Wildman–Crippen LogP) is 7.03. The van der Waals surface area contributed by atoms with Crippen LogP contribution in [0, 0.1) is 12.7 Å². The molecule has 1 saturated carbocycles. The Morgan fingerprint density at radius 1 is 1.02 bits per heavy atom. The Hall–Kier alpha value is -2.81. The maximum absolute atomic E-state index is 14.5. The second-order valence-corrected chi connectivity index (χ2v) is 13.7. The van der Waals surface area contributed by atoms with Gasteiger partial charge in [-0.3, -0.25) is 4.79 Å². The Bertz CT molecular complexity index is 1640. The van der Waals surface area contributed by atoms with E-state index in [1.54, 1.807) is 12.1 Å². The molecule has 3 aromatic rings. The highest BCUT2D eigenvalue weighted by molar-refractivity contribution is 6.42. The number of carbonyl (C=O) groups excluding carboxylic acids is 1. The first-order chi connectivity index (χ1) is 21.8. The third-order valence-corrected chi connectivity index (χ3v) is 10.7. The summed E-state index contributed by atoms with van der Waals surface area (Å²) < 4.78 is 20.5. The highest BCUT2D eigenvalue weighted by Gasteiger charge is 2.41. The van der Waals surface area contributed by atoms with Gasteiger partial charge in [0.1, 0.15) is 6.10 Å². The lowest BCUT2D eigenvalue weighted by Crippen LogP contribution is -2.60. The fourth-order valence-electron chi connectivity index (χ4n) is 6.84. The maximum Gasteiger partial charge on any atom is 0.252 e. The Morgan fingerprint density at radius 3 is 2.60 bits per heavy atom. The first-order valence-corrected chi connectivity index (χ1v) is 16.8. The number of rotatable bonds is 8. The third-order valence-electron chi connectivity index (χ3n) is 9.40. The Labute approximate surface area is 278 Å². The highest BCUT2D eigenvalue weighted by atomic mass is 35.5. The summed E-state index contributed by atoms with van der Waals surface area (Å²) >= 11 is 19.2. The van der Waals surface area contributed by atoms with E-state index in [4.69, 9.17) is 39.5 Å². The molecule has 2 saturated heterocycles. The second-order valence-electron chi connectivity index (χ2n) is 12.6. The van der Waals surface area contributed by atoms with Crippen LogP contribution in [0.4, 0.5) is 10.1 Å². The van der Waals surface area contributed by atoms with Crippen LogP contribution in [-0.4, -0.2) is 61.2 Å². The molecule has 45 heavy (non-hydrogen) atoms. The summed E-state index contributed by atoms with van der Waals surface area (Å²) in [6, 6.07) is 17.6. The number of fused-ring (bicyclic) bond motifs is 2. The van der Waals surface area contributed by atoms with Crippen LogP contribution in [0.1, 0.15) is 42.4 Å². The molecule has 3 fully saturated rings. The molecule has 3 heterocycles. The summed E-state index contributed by atoms with van der Waals surface area (Å²) in [6.07, 6.45) is 3.35. The molecule has 3 aliphatic heterocycles. The molecule has 0 radical (unpaired) electrons. The summed E-state index contributed by atoms with van der Waals surface area (Å²) in [5.41, 5.74) is 5.73. The van der Waals surface area contributed by atoms with Crippen molar-refractivity contribution in [2.24, 2.45) is 0 Å². The van der Waals surface area contributed by atoms with Crippen molar-refractivity contribution in [2.75, 3.05) is 31.1 Å². The van der Waals surface area contributed by atoms with Crippen LogP contribution in [-0.2, 0) is 11.3 Å². The van der Waals surface area contributed by atoms with Crippen molar-refractivity contribution in [3.63, 3.8) is 0 Å². The molecule has 7 rings (SSSR count). The molecule has 1 amide bonds. The SMILES string of the molecule is Cc1ccc(F)c(O[C@@H]2CCN(c3ccc(C4=C(C(=O)N(Cc5cccc(Cl)c5Cl)C5CC5)[C@H]5CNC[C@@H](C4)N5)cc3)C2)c1Cl. The third kappa shape index (κ3) is 6.30. The molecule has 3 atom stereocenters. The minimum absolute atomic E-state index is 0.0637. The monoisotopic (exact) mass is 668 g/mol. The van der Waals surface area contributed by atoms with Crippen molar-refractivity contribution >= 4 is 52.0 Å². The molecule has 2 N–H and O–H groups in total. The van der Waals surface area contributed by atoms with Gasteiger partial charge in [0, 0.05) is 55.9 Å². The van der Waals surface area contributed by atoms with E-state index in [0.717, 1.165) is 72.3 Å². The molecule has 4 aliphatic rings. The molecule has 1 aliphatic carbocycles. The smallest absolute Gasteiger partial charge is 0.252 e. The topological polar surface area (TPSA) is 56.8 Å². The van der Waals surface area contributed by atoms with E-state index in [-0.39, 0.29) is 35.9 Å². The van der Waals surface area contributed by atoms with E-state index in [1.165, 1.54) is 6.07 Å². The van der Waals surface area contributed by atoms with Crippen LogP contribution in [0.15, 0.2) is 60.2 Å². The number of anilines is 1.